The molecule has 0 heterocycles. The topological polar surface area (TPSA) is 9.23 Å². The van der Waals surface area contributed by atoms with Gasteiger partial charge in [0, 0.05) is 0 Å². The van der Waals surface area contributed by atoms with Crippen molar-refractivity contribution in [3.05, 3.63) is 59.7 Å². The summed E-state index contributed by atoms with van der Waals surface area (Å²) >= 11 is 0. The molecular formula is C18H26O. The second-order valence-electron chi connectivity index (χ2n) is 3.73. The van der Waals surface area contributed by atoms with Crippen LogP contribution in [0.15, 0.2) is 48.5 Å². The molecular weight excluding hydrogens is 232 g/mol. The third-order valence-corrected chi connectivity index (χ3v) is 2.25. The standard InChI is InChI=1S/C14H14O.2C2H6/c1-11-6-8-13(9-7-11)15-14-5-3-4-12(2)10-14;2*1-2/h3-10H,1-2H3;2*1-2H3. The van der Waals surface area contributed by atoms with Gasteiger partial charge in [0.25, 0.3) is 0 Å². The molecule has 0 amide bonds. The molecule has 2 aromatic rings. The molecule has 0 saturated carbocycles. The van der Waals surface area contributed by atoms with Crippen molar-refractivity contribution in [3.8, 4) is 11.5 Å². The second kappa shape index (κ2) is 10.2. The first-order valence-corrected chi connectivity index (χ1v) is 7.05. The molecule has 0 bridgehead atoms. The van der Waals surface area contributed by atoms with E-state index in [0.717, 1.165) is 11.5 Å². The molecule has 0 spiro atoms. The first-order chi connectivity index (χ1) is 9.24. The molecule has 19 heavy (non-hydrogen) atoms. The SMILES string of the molecule is CC.CC.Cc1ccc(Oc2cccc(C)c2)cc1. The van der Waals surface area contributed by atoms with Gasteiger partial charge < -0.3 is 4.74 Å². The molecule has 0 aliphatic rings. The van der Waals surface area contributed by atoms with Crippen molar-refractivity contribution in [2.24, 2.45) is 0 Å². The summed E-state index contributed by atoms with van der Waals surface area (Å²) in [4.78, 5) is 0. The lowest BCUT2D eigenvalue weighted by Gasteiger charge is -2.06. The minimum Gasteiger partial charge on any atom is -0.457 e. The van der Waals surface area contributed by atoms with Crippen molar-refractivity contribution >= 4 is 0 Å². The third kappa shape index (κ3) is 6.66. The van der Waals surface area contributed by atoms with Crippen LogP contribution in [0, 0.1) is 13.8 Å². The maximum Gasteiger partial charge on any atom is 0.127 e. The number of hydrogen-bond acceptors (Lipinski definition) is 1. The maximum atomic E-state index is 5.71. The quantitative estimate of drug-likeness (QED) is 0.628. The molecule has 0 radical (unpaired) electrons. The Labute approximate surface area is 118 Å². The van der Waals surface area contributed by atoms with Crippen LogP contribution in [0.25, 0.3) is 0 Å². The number of benzene rings is 2. The lowest BCUT2D eigenvalue weighted by molar-refractivity contribution is 0.482. The van der Waals surface area contributed by atoms with Gasteiger partial charge in [0.05, 0.1) is 0 Å². The van der Waals surface area contributed by atoms with E-state index in [4.69, 9.17) is 4.74 Å². The fourth-order valence-electron chi connectivity index (χ4n) is 1.42. The smallest absolute Gasteiger partial charge is 0.127 e. The highest BCUT2D eigenvalue weighted by molar-refractivity contribution is 5.34. The Morgan fingerprint density at radius 3 is 1.74 bits per heavy atom. The van der Waals surface area contributed by atoms with Gasteiger partial charge in [-0.15, -0.1) is 0 Å². The molecule has 2 rings (SSSR count). The van der Waals surface area contributed by atoms with E-state index in [1.807, 2.05) is 70.2 Å². The molecule has 0 aliphatic carbocycles. The predicted molar refractivity (Wildman–Crippen MR) is 85.1 cm³/mol. The molecule has 0 unspecified atom stereocenters. The van der Waals surface area contributed by atoms with Crippen molar-refractivity contribution in [3.63, 3.8) is 0 Å². The van der Waals surface area contributed by atoms with Gasteiger partial charge >= 0.3 is 0 Å². The molecule has 1 heteroatoms. The van der Waals surface area contributed by atoms with Crippen molar-refractivity contribution in [2.45, 2.75) is 41.5 Å². The van der Waals surface area contributed by atoms with Crippen LogP contribution in [-0.4, -0.2) is 0 Å². The van der Waals surface area contributed by atoms with E-state index in [9.17, 15) is 0 Å². The lowest BCUT2D eigenvalue weighted by Crippen LogP contribution is -1.84. The fourth-order valence-corrected chi connectivity index (χ4v) is 1.42. The van der Waals surface area contributed by atoms with Gasteiger partial charge in [-0.05, 0) is 43.7 Å². The zero-order chi connectivity index (χ0) is 14.7. The van der Waals surface area contributed by atoms with Crippen LogP contribution >= 0.6 is 0 Å². The van der Waals surface area contributed by atoms with Crippen molar-refractivity contribution in [1.29, 1.82) is 0 Å². The first-order valence-electron chi connectivity index (χ1n) is 7.05. The molecule has 0 saturated heterocycles. The summed E-state index contributed by atoms with van der Waals surface area (Å²) in [5.74, 6) is 1.77. The van der Waals surface area contributed by atoms with Gasteiger partial charge in [-0.3, -0.25) is 0 Å². The summed E-state index contributed by atoms with van der Waals surface area (Å²) in [5, 5.41) is 0. The summed E-state index contributed by atoms with van der Waals surface area (Å²) in [6, 6.07) is 16.1. The molecule has 0 aliphatic heterocycles. The average molecular weight is 258 g/mol. The summed E-state index contributed by atoms with van der Waals surface area (Å²) < 4.78 is 5.71. The van der Waals surface area contributed by atoms with Crippen LogP contribution < -0.4 is 4.74 Å². The summed E-state index contributed by atoms with van der Waals surface area (Å²) in [6.07, 6.45) is 0. The Bertz CT molecular complexity index is 444. The minimum atomic E-state index is 0.881. The van der Waals surface area contributed by atoms with Gasteiger partial charge in [0.1, 0.15) is 11.5 Å². The van der Waals surface area contributed by atoms with Gasteiger partial charge in [0.2, 0.25) is 0 Å². The molecule has 104 valence electrons. The molecule has 1 nitrogen and oxygen atoms in total. The Kier molecular flexibility index (Phi) is 9.25. The van der Waals surface area contributed by atoms with E-state index < -0.39 is 0 Å². The van der Waals surface area contributed by atoms with Crippen molar-refractivity contribution in [2.75, 3.05) is 0 Å². The molecule has 0 fully saturated rings. The number of ether oxygens (including phenoxy) is 1. The normalized spacial score (nSPS) is 8.53. The Hall–Kier alpha value is -1.76. The van der Waals surface area contributed by atoms with E-state index in [-0.39, 0.29) is 0 Å². The summed E-state index contributed by atoms with van der Waals surface area (Å²) in [6.45, 7) is 12.1. The largest absolute Gasteiger partial charge is 0.457 e. The first kappa shape index (κ1) is 17.2. The van der Waals surface area contributed by atoms with E-state index in [2.05, 4.69) is 19.9 Å². The molecule has 0 atom stereocenters. The zero-order valence-corrected chi connectivity index (χ0v) is 13.0. The number of rotatable bonds is 2. The number of hydrogen-bond donors (Lipinski definition) is 0. The van der Waals surface area contributed by atoms with E-state index in [0.29, 0.717) is 0 Å². The van der Waals surface area contributed by atoms with Crippen LogP contribution in [0.3, 0.4) is 0 Å². The monoisotopic (exact) mass is 258 g/mol. The minimum absolute atomic E-state index is 0.881. The lowest BCUT2D eigenvalue weighted by atomic mass is 10.2. The Morgan fingerprint density at radius 2 is 1.21 bits per heavy atom. The van der Waals surface area contributed by atoms with Crippen LogP contribution in [0.4, 0.5) is 0 Å². The van der Waals surface area contributed by atoms with E-state index in [1.165, 1.54) is 11.1 Å². The molecule has 0 aromatic heterocycles. The Balaban J connectivity index is 0.000000741. The molecule has 0 N–H and O–H groups in total. The summed E-state index contributed by atoms with van der Waals surface area (Å²) in [5.41, 5.74) is 2.45. The summed E-state index contributed by atoms with van der Waals surface area (Å²) in [7, 11) is 0. The van der Waals surface area contributed by atoms with Crippen molar-refractivity contribution in [1.82, 2.24) is 0 Å². The van der Waals surface area contributed by atoms with Gasteiger partial charge in [-0.1, -0.05) is 57.5 Å². The van der Waals surface area contributed by atoms with Crippen LogP contribution in [0.5, 0.6) is 11.5 Å². The van der Waals surface area contributed by atoms with E-state index in [1.54, 1.807) is 0 Å². The van der Waals surface area contributed by atoms with Crippen molar-refractivity contribution < 1.29 is 4.74 Å². The number of aryl methyl sites for hydroxylation is 2. The average Bonchev–Trinajstić information content (AvgIpc) is 2.46. The highest BCUT2D eigenvalue weighted by atomic mass is 16.5. The highest BCUT2D eigenvalue weighted by Gasteiger charge is 1.96. The third-order valence-electron chi connectivity index (χ3n) is 2.25. The zero-order valence-electron chi connectivity index (χ0n) is 13.0. The highest BCUT2D eigenvalue weighted by Crippen LogP contribution is 2.22. The Morgan fingerprint density at radius 1 is 0.632 bits per heavy atom. The van der Waals surface area contributed by atoms with Gasteiger partial charge in [-0.2, -0.15) is 0 Å². The van der Waals surface area contributed by atoms with Crippen LogP contribution in [0.1, 0.15) is 38.8 Å². The van der Waals surface area contributed by atoms with E-state index >= 15 is 0 Å². The maximum absolute atomic E-state index is 5.71. The van der Waals surface area contributed by atoms with Crippen LogP contribution in [-0.2, 0) is 0 Å². The van der Waals surface area contributed by atoms with Gasteiger partial charge in [-0.25, -0.2) is 0 Å². The second-order valence-corrected chi connectivity index (χ2v) is 3.73. The van der Waals surface area contributed by atoms with Gasteiger partial charge in [0.15, 0.2) is 0 Å². The predicted octanol–water partition coefficient (Wildman–Crippen LogP) is 6.15. The molecule has 2 aromatic carbocycles. The van der Waals surface area contributed by atoms with Crippen LogP contribution in [0.2, 0.25) is 0 Å². The fraction of sp³-hybridized carbons (Fsp3) is 0.333.